The van der Waals surface area contributed by atoms with Gasteiger partial charge in [-0.2, -0.15) is 0 Å². The van der Waals surface area contributed by atoms with Crippen LogP contribution < -0.4 is 10.6 Å². The van der Waals surface area contributed by atoms with Gasteiger partial charge in [0.05, 0.1) is 12.0 Å². The SMILES string of the molecule is CC(O)CCCNC(=O)[C@H]1CCCNC1. The molecule has 0 aliphatic carbocycles. The molecule has 1 aliphatic rings. The molecule has 1 unspecified atom stereocenters. The van der Waals surface area contributed by atoms with E-state index in [4.69, 9.17) is 5.11 Å². The molecule has 2 atom stereocenters. The summed E-state index contributed by atoms with van der Waals surface area (Å²) in [7, 11) is 0. The van der Waals surface area contributed by atoms with E-state index in [1.54, 1.807) is 6.92 Å². The normalized spacial score (nSPS) is 23.5. The first-order valence-corrected chi connectivity index (χ1v) is 5.86. The summed E-state index contributed by atoms with van der Waals surface area (Å²) in [6, 6.07) is 0. The Morgan fingerprint density at radius 3 is 3.07 bits per heavy atom. The molecule has 0 saturated carbocycles. The van der Waals surface area contributed by atoms with E-state index in [9.17, 15) is 4.79 Å². The van der Waals surface area contributed by atoms with Crippen molar-refractivity contribution in [2.45, 2.75) is 38.7 Å². The number of nitrogens with one attached hydrogen (secondary N) is 2. The highest BCUT2D eigenvalue weighted by atomic mass is 16.3. The molecule has 4 nitrogen and oxygen atoms in total. The molecule has 1 rings (SSSR count). The summed E-state index contributed by atoms with van der Waals surface area (Å²) in [5, 5.41) is 15.2. The first-order valence-electron chi connectivity index (χ1n) is 5.86. The molecule has 3 N–H and O–H groups in total. The van der Waals surface area contributed by atoms with Crippen LogP contribution in [0.2, 0.25) is 0 Å². The number of aliphatic hydroxyl groups excluding tert-OH is 1. The van der Waals surface area contributed by atoms with Gasteiger partial charge in [-0.25, -0.2) is 0 Å². The number of hydrogen-bond donors (Lipinski definition) is 3. The molecule has 1 saturated heterocycles. The van der Waals surface area contributed by atoms with Crippen LogP contribution in [0.4, 0.5) is 0 Å². The van der Waals surface area contributed by atoms with Gasteiger partial charge in [0.15, 0.2) is 0 Å². The molecular formula is C11H22N2O2. The molecule has 1 amide bonds. The van der Waals surface area contributed by atoms with Crippen LogP contribution in [0.5, 0.6) is 0 Å². The highest BCUT2D eigenvalue weighted by molar-refractivity contribution is 5.78. The summed E-state index contributed by atoms with van der Waals surface area (Å²) in [6.45, 7) is 4.29. The Morgan fingerprint density at radius 1 is 1.67 bits per heavy atom. The molecule has 0 aromatic heterocycles. The third-order valence-corrected chi connectivity index (χ3v) is 2.77. The monoisotopic (exact) mass is 214 g/mol. The second-order valence-electron chi connectivity index (χ2n) is 4.33. The zero-order chi connectivity index (χ0) is 11.1. The summed E-state index contributed by atoms with van der Waals surface area (Å²) < 4.78 is 0. The van der Waals surface area contributed by atoms with Gasteiger partial charge in [-0.1, -0.05) is 0 Å². The van der Waals surface area contributed by atoms with E-state index in [1.165, 1.54) is 0 Å². The van der Waals surface area contributed by atoms with Gasteiger partial charge in [0.1, 0.15) is 0 Å². The highest BCUT2D eigenvalue weighted by Gasteiger charge is 2.19. The average molecular weight is 214 g/mol. The lowest BCUT2D eigenvalue weighted by atomic mass is 9.99. The standard InChI is InChI=1S/C11H22N2O2/c1-9(14)4-2-7-13-11(15)10-5-3-6-12-8-10/h9-10,12,14H,2-8H2,1H3,(H,13,15)/t9?,10-/m0/s1. The molecule has 0 bridgehead atoms. The predicted molar refractivity (Wildman–Crippen MR) is 59.5 cm³/mol. The van der Waals surface area contributed by atoms with Crippen LogP contribution in [0.1, 0.15) is 32.6 Å². The second kappa shape index (κ2) is 6.80. The molecular weight excluding hydrogens is 192 g/mol. The fourth-order valence-corrected chi connectivity index (χ4v) is 1.83. The van der Waals surface area contributed by atoms with E-state index in [0.717, 1.165) is 38.8 Å². The Balaban J connectivity index is 2.07. The molecule has 0 aromatic rings. The lowest BCUT2D eigenvalue weighted by molar-refractivity contribution is -0.125. The third-order valence-electron chi connectivity index (χ3n) is 2.77. The minimum atomic E-state index is -0.266. The zero-order valence-corrected chi connectivity index (χ0v) is 9.46. The number of hydrogen-bond acceptors (Lipinski definition) is 3. The van der Waals surface area contributed by atoms with Gasteiger partial charge in [-0.3, -0.25) is 4.79 Å². The Morgan fingerprint density at radius 2 is 2.47 bits per heavy atom. The van der Waals surface area contributed by atoms with Crippen LogP contribution in [0, 0.1) is 5.92 Å². The van der Waals surface area contributed by atoms with Crippen LogP contribution in [-0.4, -0.2) is 36.8 Å². The van der Waals surface area contributed by atoms with Gasteiger partial charge in [-0.05, 0) is 39.2 Å². The number of carbonyl (C=O) groups excluding carboxylic acids is 1. The highest BCUT2D eigenvalue weighted by Crippen LogP contribution is 2.09. The van der Waals surface area contributed by atoms with Crippen molar-refractivity contribution in [1.29, 1.82) is 0 Å². The summed E-state index contributed by atoms with van der Waals surface area (Å²) in [4.78, 5) is 11.6. The maximum atomic E-state index is 11.6. The fraction of sp³-hybridized carbons (Fsp3) is 0.909. The third kappa shape index (κ3) is 5.14. The number of carbonyl (C=O) groups is 1. The van der Waals surface area contributed by atoms with Crippen LogP contribution >= 0.6 is 0 Å². The average Bonchev–Trinajstić information content (AvgIpc) is 2.25. The zero-order valence-electron chi connectivity index (χ0n) is 9.46. The summed E-state index contributed by atoms with van der Waals surface area (Å²) in [6.07, 6.45) is 3.42. The number of rotatable bonds is 5. The molecule has 0 radical (unpaired) electrons. The van der Waals surface area contributed by atoms with Crippen molar-refractivity contribution < 1.29 is 9.90 Å². The summed E-state index contributed by atoms with van der Waals surface area (Å²) in [5.41, 5.74) is 0. The lowest BCUT2D eigenvalue weighted by Crippen LogP contribution is -2.40. The van der Waals surface area contributed by atoms with Crippen molar-refractivity contribution in [3.8, 4) is 0 Å². The largest absolute Gasteiger partial charge is 0.393 e. The summed E-state index contributed by atoms with van der Waals surface area (Å²) >= 11 is 0. The van der Waals surface area contributed by atoms with E-state index in [-0.39, 0.29) is 17.9 Å². The molecule has 0 spiro atoms. The number of aliphatic hydroxyl groups is 1. The van der Waals surface area contributed by atoms with Crippen molar-refractivity contribution in [2.24, 2.45) is 5.92 Å². The van der Waals surface area contributed by atoms with Crippen LogP contribution in [0.3, 0.4) is 0 Å². The van der Waals surface area contributed by atoms with Gasteiger partial charge in [-0.15, -0.1) is 0 Å². The van der Waals surface area contributed by atoms with E-state index in [2.05, 4.69) is 10.6 Å². The molecule has 15 heavy (non-hydrogen) atoms. The minimum absolute atomic E-state index is 0.144. The van der Waals surface area contributed by atoms with Crippen molar-refractivity contribution in [3.05, 3.63) is 0 Å². The van der Waals surface area contributed by atoms with Crippen molar-refractivity contribution in [3.63, 3.8) is 0 Å². The molecule has 1 heterocycles. The van der Waals surface area contributed by atoms with Crippen LogP contribution in [0.15, 0.2) is 0 Å². The van der Waals surface area contributed by atoms with Crippen molar-refractivity contribution in [1.82, 2.24) is 10.6 Å². The molecule has 4 heteroatoms. The Hall–Kier alpha value is -0.610. The van der Waals surface area contributed by atoms with Gasteiger partial charge >= 0.3 is 0 Å². The second-order valence-corrected chi connectivity index (χ2v) is 4.33. The van der Waals surface area contributed by atoms with Gasteiger partial charge in [0, 0.05) is 13.1 Å². The van der Waals surface area contributed by atoms with Gasteiger partial charge in [0.25, 0.3) is 0 Å². The van der Waals surface area contributed by atoms with Crippen LogP contribution in [-0.2, 0) is 4.79 Å². The quantitative estimate of drug-likeness (QED) is 0.575. The van der Waals surface area contributed by atoms with Crippen LogP contribution in [0.25, 0.3) is 0 Å². The van der Waals surface area contributed by atoms with E-state index in [1.807, 2.05) is 0 Å². The molecule has 88 valence electrons. The van der Waals surface area contributed by atoms with Crippen molar-refractivity contribution in [2.75, 3.05) is 19.6 Å². The Kier molecular flexibility index (Phi) is 5.65. The molecule has 0 aromatic carbocycles. The fourth-order valence-electron chi connectivity index (χ4n) is 1.83. The van der Waals surface area contributed by atoms with Gasteiger partial charge in [0.2, 0.25) is 5.91 Å². The Labute approximate surface area is 91.4 Å². The van der Waals surface area contributed by atoms with E-state index >= 15 is 0 Å². The van der Waals surface area contributed by atoms with Gasteiger partial charge < -0.3 is 15.7 Å². The number of amides is 1. The Bertz CT molecular complexity index is 189. The minimum Gasteiger partial charge on any atom is -0.393 e. The topological polar surface area (TPSA) is 61.4 Å². The molecule has 1 fully saturated rings. The first-order chi connectivity index (χ1) is 7.20. The van der Waals surface area contributed by atoms with Crippen molar-refractivity contribution >= 4 is 5.91 Å². The lowest BCUT2D eigenvalue weighted by Gasteiger charge is -2.21. The molecule has 1 aliphatic heterocycles. The number of piperidine rings is 1. The van der Waals surface area contributed by atoms with E-state index < -0.39 is 0 Å². The smallest absolute Gasteiger partial charge is 0.224 e. The predicted octanol–water partition coefficient (Wildman–Crippen LogP) is 0.263. The maximum absolute atomic E-state index is 11.6. The van der Waals surface area contributed by atoms with E-state index in [0.29, 0.717) is 6.54 Å². The summed E-state index contributed by atoms with van der Waals surface area (Å²) in [5.74, 6) is 0.304. The maximum Gasteiger partial charge on any atom is 0.224 e. The first kappa shape index (κ1) is 12.5.